The third kappa shape index (κ3) is 3.09. The Labute approximate surface area is 190 Å². The molecule has 0 aliphatic carbocycles. The number of likely N-dealkylation sites (tertiary alicyclic amines) is 1. The molecule has 1 atom stereocenters. The van der Waals surface area contributed by atoms with E-state index in [-0.39, 0.29) is 34.3 Å². The van der Waals surface area contributed by atoms with Crippen LogP contribution < -0.4 is 15.6 Å². The van der Waals surface area contributed by atoms with Crippen molar-refractivity contribution >= 4 is 47.0 Å². The summed E-state index contributed by atoms with van der Waals surface area (Å²) in [5.41, 5.74) is -1.83. The van der Waals surface area contributed by atoms with Gasteiger partial charge in [-0.2, -0.15) is 0 Å². The zero-order valence-corrected chi connectivity index (χ0v) is 18.0. The first kappa shape index (κ1) is 20.4. The normalized spacial score (nSPS) is 23.2. The first-order valence-electron chi connectivity index (χ1n) is 10.5. The Kier molecular flexibility index (Phi) is 4.43. The van der Waals surface area contributed by atoms with Crippen LogP contribution in [-0.2, 0) is 9.53 Å². The number of carbonyl (C=O) groups excluding carboxylic acids is 1. The molecular formula is C20H19FN6O5S. The van der Waals surface area contributed by atoms with Crippen molar-refractivity contribution in [3.8, 4) is 0 Å². The van der Waals surface area contributed by atoms with Crippen LogP contribution in [0.15, 0.2) is 21.5 Å². The fourth-order valence-electron chi connectivity index (χ4n) is 4.65. The fraction of sp³-hybridized carbons (Fsp3) is 0.450. The number of nitrogens with one attached hydrogen (secondary N) is 1. The maximum Gasteiger partial charge on any atom is 0.341 e. The van der Waals surface area contributed by atoms with Gasteiger partial charge in [-0.05, 0) is 6.07 Å². The molecule has 13 heteroatoms. The van der Waals surface area contributed by atoms with E-state index < -0.39 is 28.3 Å². The fourth-order valence-corrected chi connectivity index (χ4v) is 5.27. The number of anilines is 1. The average Bonchev–Trinajstić information content (AvgIpc) is 3.20. The number of carbonyl (C=O) groups is 2. The zero-order chi connectivity index (χ0) is 22.9. The monoisotopic (exact) mass is 474 g/mol. The Morgan fingerprint density at radius 3 is 2.70 bits per heavy atom. The van der Waals surface area contributed by atoms with Gasteiger partial charge < -0.3 is 25.0 Å². The molecule has 4 aliphatic rings. The number of amides is 1. The van der Waals surface area contributed by atoms with E-state index in [0.717, 1.165) is 31.0 Å². The van der Waals surface area contributed by atoms with Gasteiger partial charge in [0, 0.05) is 37.7 Å². The zero-order valence-electron chi connectivity index (χ0n) is 17.2. The van der Waals surface area contributed by atoms with Crippen molar-refractivity contribution in [1.82, 2.24) is 19.8 Å². The lowest BCUT2D eigenvalue weighted by Gasteiger charge is -2.56. The van der Waals surface area contributed by atoms with Gasteiger partial charge in [0.05, 0.1) is 37.3 Å². The van der Waals surface area contributed by atoms with E-state index >= 15 is 0 Å². The number of pyridine rings is 2. The molecule has 3 fully saturated rings. The van der Waals surface area contributed by atoms with Crippen molar-refractivity contribution < 1.29 is 23.8 Å². The van der Waals surface area contributed by atoms with Crippen LogP contribution in [0.1, 0.15) is 22.3 Å². The number of halogens is 1. The molecule has 3 saturated heterocycles. The van der Waals surface area contributed by atoms with Crippen molar-refractivity contribution in [3.63, 3.8) is 0 Å². The average molecular weight is 474 g/mol. The summed E-state index contributed by atoms with van der Waals surface area (Å²) in [6.07, 6.45) is 3.61. The number of carboxylic acids is 1. The summed E-state index contributed by atoms with van der Waals surface area (Å²) >= 11 is 1.12. The van der Waals surface area contributed by atoms with E-state index in [1.54, 1.807) is 9.80 Å². The summed E-state index contributed by atoms with van der Waals surface area (Å²) in [5.74, 6) is -2.35. The van der Waals surface area contributed by atoms with E-state index in [0.29, 0.717) is 26.2 Å². The minimum atomic E-state index is -1.41. The van der Waals surface area contributed by atoms with Gasteiger partial charge in [-0.3, -0.25) is 14.2 Å². The van der Waals surface area contributed by atoms with Crippen LogP contribution in [-0.4, -0.2) is 76.2 Å². The summed E-state index contributed by atoms with van der Waals surface area (Å²) in [4.78, 5) is 44.7. The Hall–Kier alpha value is -3.19. The number of ether oxygens (including phenoxy) is 1. The molecule has 1 spiro atoms. The van der Waals surface area contributed by atoms with E-state index in [9.17, 15) is 23.9 Å². The number of carboxylic acid groups (broad SMARTS) is 1. The second kappa shape index (κ2) is 7.15. The summed E-state index contributed by atoms with van der Waals surface area (Å²) in [6.45, 7) is 2.59. The number of rotatable bonds is 4. The van der Waals surface area contributed by atoms with Crippen LogP contribution in [0.25, 0.3) is 11.0 Å². The highest BCUT2D eigenvalue weighted by Crippen LogP contribution is 2.38. The highest BCUT2D eigenvalue weighted by molar-refractivity contribution is 7.98. The standard InChI is InChI=1S/C20H19FN6O5S/c21-13-3-11-14(28)12(18(30)31)6-27(19-22-9-23-33-19)15(11)24-16(13)25-4-10(5-25)17(29)26-7-20(8-26)1-2-32-20/h3,6,9-10,19H,1-2,4-5,7-8H2,(H,22,23)(H,30,31). The van der Waals surface area contributed by atoms with Gasteiger partial charge in [-0.25, -0.2) is 18.6 Å². The number of aromatic nitrogens is 2. The second-order valence-electron chi connectivity index (χ2n) is 8.69. The molecule has 6 heterocycles. The lowest BCUT2D eigenvalue weighted by atomic mass is 9.84. The molecule has 172 valence electrons. The van der Waals surface area contributed by atoms with Crippen LogP contribution in [0.5, 0.6) is 0 Å². The van der Waals surface area contributed by atoms with Gasteiger partial charge in [-0.15, -0.1) is 0 Å². The molecule has 1 amide bonds. The molecule has 2 aromatic heterocycles. The number of hydrogen-bond acceptors (Lipinski definition) is 9. The molecule has 0 radical (unpaired) electrons. The van der Waals surface area contributed by atoms with Gasteiger partial charge >= 0.3 is 5.97 Å². The summed E-state index contributed by atoms with van der Waals surface area (Å²) in [5, 5.41) is 12.2. The third-order valence-electron chi connectivity index (χ3n) is 6.62. The summed E-state index contributed by atoms with van der Waals surface area (Å²) in [7, 11) is 0. The molecule has 0 aromatic carbocycles. The summed E-state index contributed by atoms with van der Waals surface area (Å²) < 4.78 is 26.0. The van der Waals surface area contributed by atoms with Crippen LogP contribution in [0.4, 0.5) is 10.2 Å². The minimum absolute atomic E-state index is 0.0223. The topological polar surface area (TPSA) is 129 Å². The van der Waals surface area contributed by atoms with Crippen LogP contribution in [0.3, 0.4) is 0 Å². The maximum atomic E-state index is 15.0. The first-order valence-corrected chi connectivity index (χ1v) is 11.3. The Morgan fingerprint density at radius 2 is 2.09 bits per heavy atom. The van der Waals surface area contributed by atoms with Crippen molar-refractivity contribution in [3.05, 3.63) is 33.9 Å². The Bertz CT molecular complexity index is 1270. The molecule has 11 nitrogen and oxygen atoms in total. The van der Waals surface area contributed by atoms with E-state index in [1.165, 1.54) is 17.1 Å². The van der Waals surface area contributed by atoms with Crippen molar-refractivity contribution in [2.45, 2.75) is 17.5 Å². The van der Waals surface area contributed by atoms with Gasteiger partial charge in [0.2, 0.25) is 11.3 Å². The summed E-state index contributed by atoms with van der Waals surface area (Å²) in [6, 6.07) is 1.02. The maximum absolute atomic E-state index is 15.0. The lowest BCUT2D eigenvalue weighted by molar-refractivity contribution is -0.223. The Morgan fingerprint density at radius 1 is 1.33 bits per heavy atom. The van der Waals surface area contributed by atoms with Gasteiger partial charge in [0.15, 0.2) is 17.1 Å². The quantitative estimate of drug-likeness (QED) is 0.605. The van der Waals surface area contributed by atoms with Crippen LogP contribution in [0, 0.1) is 11.7 Å². The smallest absolute Gasteiger partial charge is 0.341 e. The molecule has 2 N–H and O–H groups in total. The highest BCUT2D eigenvalue weighted by atomic mass is 32.2. The molecule has 1 unspecified atom stereocenters. The van der Waals surface area contributed by atoms with E-state index in [1.807, 2.05) is 0 Å². The number of hydrogen-bond donors (Lipinski definition) is 2. The molecule has 0 saturated carbocycles. The van der Waals surface area contributed by atoms with Crippen molar-refractivity contribution in [1.29, 1.82) is 0 Å². The largest absolute Gasteiger partial charge is 0.477 e. The molecule has 0 bridgehead atoms. The number of nitrogens with zero attached hydrogens (tertiary/aromatic N) is 5. The highest BCUT2D eigenvalue weighted by Gasteiger charge is 2.52. The van der Waals surface area contributed by atoms with Gasteiger partial charge in [0.1, 0.15) is 16.8 Å². The van der Waals surface area contributed by atoms with E-state index in [2.05, 4.69) is 14.7 Å². The van der Waals surface area contributed by atoms with Crippen LogP contribution in [0.2, 0.25) is 0 Å². The van der Waals surface area contributed by atoms with Crippen LogP contribution >= 0.6 is 11.9 Å². The van der Waals surface area contributed by atoms with Gasteiger partial charge in [-0.1, -0.05) is 0 Å². The van der Waals surface area contributed by atoms with E-state index in [4.69, 9.17) is 4.74 Å². The molecule has 2 aromatic rings. The second-order valence-corrected chi connectivity index (χ2v) is 9.55. The van der Waals surface area contributed by atoms with Crippen molar-refractivity contribution in [2.24, 2.45) is 10.3 Å². The number of fused-ring (bicyclic) bond motifs is 1. The lowest BCUT2D eigenvalue weighted by Crippen LogP contribution is -2.71. The molecule has 33 heavy (non-hydrogen) atoms. The first-order chi connectivity index (χ1) is 15.8. The molecule has 4 aliphatic heterocycles. The predicted molar refractivity (Wildman–Crippen MR) is 117 cm³/mol. The third-order valence-corrected chi connectivity index (χ3v) is 7.41. The molecule has 6 rings (SSSR count). The van der Waals surface area contributed by atoms with Gasteiger partial charge in [0.25, 0.3) is 0 Å². The Balaban J connectivity index is 1.28. The predicted octanol–water partition coefficient (Wildman–Crippen LogP) is 0.407. The SMILES string of the molecule is O=C(O)c1cn(C2NC=NS2)c2nc(N3CC(C(=O)N4CC5(CCO5)C4)C3)c(F)cc2c1=O. The number of aromatic carboxylic acids is 1. The van der Waals surface area contributed by atoms with Crippen molar-refractivity contribution in [2.75, 3.05) is 37.7 Å². The molecular weight excluding hydrogens is 455 g/mol. The minimum Gasteiger partial charge on any atom is -0.477 e.